The Labute approximate surface area is 322 Å². The zero-order valence-corrected chi connectivity index (χ0v) is 36.1. The van der Waals surface area contributed by atoms with Crippen LogP contribution in [0.5, 0.6) is 0 Å². The molecule has 0 aliphatic carbocycles. The molecule has 52 heavy (non-hydrogen) atoms. The van der Waals surface area contributed by atoms with Gasteiger partial charge in [0.05, 0.1) is 0 Å². The van der Waals surface area contributed by atoms with E-state index in [1.807, 2.05) is 0 Å². The fourth-order valence-electron chi connectivity index (χ4n) is 7.78. The Morgan fingerprint density at radius 3 is 1.88 bits per heavy atom. The van der Waals surface area contributed by atoms with Gasteiger partial charge in [-0.3, -0.25) is 0 Å². The SMILES string of the molecule is C=CCS(C)(C)CCCC(C)(CC)[SiH2]CCCNC(=O)N1C[C@@H](P(c2ccccc2)c2ccccc2)C[C@H]1CP(c1ccccc1)c1ccccc1. The van der Waals surface area contributed by atoms with E-state index in [2.05, 4.69) is 171 Å². The van der Waals surface area contributed by atoms with E-state index in [1.165, 1.54) is 58.0 Å². The number of carbonyl (C=O) groups is 1. The first kappa shape index (κ1) is 40.5. The molecule has 4 aromatic rings. The van der Waals surface area contributed by atoms with Gasteiger partial charge >= 0.3 is 6.03 Å². The lowest BCUT2D eigenvalue weighted by molar-refractivity contribution is 0.197. The molecule has 1 saturated heterocycles. The monoisotopic (exact) mass is 768 g/mol. The molecule has 278 valence electrons. The van der Waals surface area contributed by atoms with Crippen molar-refractivity contribution in [2.45, 2.75) is 68.7 Å². The van der Waals surface area contributed by atoms with Crippen molar-refractivity contribution in [1.29, 1.82) is 0 Å². The third kappa shape index (κ3) is 11.7. The minimum atomic E-state index is -0.625. The number of benzene rings is 4. The van der Waals surface area contributed by atoms with Gasteiger partial charge in [-0.05, 0) is 91.5 Å². The molecule has 0 radical (unpaired) electrons. The number of hydrogen-bond acceptors (Lipinski definition) is 1. The zero-order chi connectivity index (χ0) is 36.8. The topological polar surface area (TPSA) is 32.3 Å². The number of amides is 2. The van der Waals surface area contributed by atoms with Crippen molar-refractivity contribution in [2.24, 2.45) is 0 Å². The minimum absolute atomic E-state index is 0.131. The van der Waals surface area contributed by atoms with Gasteiger partial charge < -0.3 is 10.2 Å². The average molecular weight is 769 g/mol. The molecule has 0 saturated carbocycles. The van der Waals surface area contributed by atoms with Gasteiger partial charge in [0.1, 0.15) is 0 Å². The summed E-state index contributed by atoms with van der Waals surface area (Å²) in [6, 6.07) is 45.7. The van der Waals surface area contributed by atoms with Crippen molar-refractivity contribution in [3.05, 3.63) is 134 Å². The lowest BCUT2D eigenvalue weighted by atomic mass is 10.0. The van der Waals surface area contributed by atoms with Gasteiger partial charge in [-0.15, -0.1) is 6.58 Å². The summed E-state index contributed by atoms with van der Waals surface area (Å²) in [7, 11) is -2.04. The highest BCUT2D eigenvalue weighted by atomic mass is 32.3. The maximum absolute atomic E-state index is 14.3. The standard InChI is InChI=1S/C45H62N2OP2SSi/c1-6-32-51(4,5)33-20-30-45(3,7-2)52-34-21-31-46-44(48)47-36-43(50(41-26-16-10-17-27-41)42-28-18-11-19-29-42)35-38(47)37-49(39-22-12-8-13-23-39)40-24-14-9-15-25-40/h6,8-19,22-29,38,43H,1,7,20-21,30-37,52H2,2-5H3,(H,46,48)/t38-,43-,45?/m0/s1. The van der Waals surface area contributed by atoms with Crippen LogP contribution < -0.4 is 26.5 Å². The fraction of sp³-hybridized carbons (Fsp3) is 0.400. The second-order valence-corrected chi connectivity index (χ2v) is 27.3. The molecule has 2 amide bonds. The minimum Gasteiger partial charge on any atom is -0.338 e. The maximum atomic E-state index is 14.3. The first-order chi connectivity index (χ1) is 25.2. The lowest BCUT2D eigenvalue weighted by Gasteiger charge is -2.33. The van der Waals surface area contributed by atoms with Gasteiger partial charge in [0.2, 0.25) is 0 Å². The summed E-state index contributed by atoms with van der Waals surface area (Å²) in [5, 5.41) is 9.53. The van der Waals surface area contributed by atoms with E-state index in [0.717, 1.165) is 32.1 Å². The molecule has 1 aliphatic heterocycles. The van der Waals surface area contributed by atoms with Crippen LogP contribution in [0.25, 0.3) is 0 Å². The predicted octanol–water partition coefficient (Wildman–Crippen LogP) is 9.00. The summed E-state index contributed by atoms with van der Waals surface area (Å²) in [6.07, 6.45) is 14.1. The van der Waals surface area contributed by atoms with E-state index >= 15 is 0 Å². The van der Waals surface area contributed by atoms with Crippen LogP contribution in [0.1, 0.15) is 46.0 Å². The zero-order valence-electron chi connectivity index (χ0n) is 32.1. The number of urea groups is 1. The van der Waals surface area contributed by atoms with Crippen molar-refractivity contribution in [1.82, 2.24) is 10.2 Å². The van der Waals surface area contributed by atoms with E-state index < -0.39 is 25.9 Å². The van der Waals surface area contributed by atoms with Gasteiger partial charge in [-0.1, -0.05) is 160 Å². The Morgan fingerprint density at radius 1 is 0.865 bits per heavy atom. The summed E-state index contributed by atoms with van der Waals surface area (Å²) >= 11 is 0. The summed E-state index contributed by atoms with van der Waals surface area (Å²) in [5.74, 6) is 2.52. The number of nitrogens with one attached hydrogen (secondary N) is 1. The largest absolute Gasteiger partial charge is 0.338 e. The molecule has 0 aromatic heterocycles. The van der Waals surface area contributed by atoms with Crippen molar-refractivity contribution < 1.29 is 4.79 Å². The Bertz CT molecular complexity index is 1570. The molecule has 3 atom stereocenters. The molecule has 4 aromatic carbocycles. The van der Waals surface area contributed by atoms with Gasteiger partial charge in [-0.25, -0.2) is 14.8 Å². The van der Waals surface area contributed by atoms with Crippen LogP contribution in [0.3, 0.4) is 0 Å². The van der Waals surface area contributed by atoms with Gasteiger partial charge in [0.15, 0.2) is 0 Å². The van der Waals surface area contributed by atoms with E-state index in [-0.39, 0.29) is 21.6 Å². The average Bonchev–Trinajstić information content (AvgIpc) is 3.58. The van der Waals surface area contributed by atoms with E-state index in [1.54, 1.807) is 0 Å². The number of nitrogens with zero attached hydrogens (tertiary/aromatic N) is 1. The molecule has 5 rings (SSSR count). The van der Waals surface area contributed by atoms with Crippen molar-refractivity contribution in [2.75, 3.05) is 43.3 Å². The molecular weight excluding hydrogens is 707 g/mol. The van der Waals surface area contributed by atoms with Gasteiger partial charge in [0, 0.05) is 34.3 Å². The predicted molar refractivity (Wildman–Crippen MR) is 241 cm³/mol. The van der Waals surface area contributed by atoms with Crippen molar-refractivity contribution in [3.63, 3.8) is 0 Å². The Hall–Kier alpha value is -2.68. The van der Waals surface area contributed by atoms with Crippen molar-refractivity contribution >= 4 is 62.6 Å². The highest BCUT2D eigenvalue weighted by Gasteiger charge is 2.41. The van der Waals surface area contributed by atoms with Crippen LogP contribution in [-0.2, 0) is 0 Å². The number of carbonyl (C=O) groups excluding carboxylic acids is 1. The van der Waals surface area contributed by atoms with Crippen LogP contribution in [-0.4, -0.2) is 75.4 Å². The highest BCUT2D eigenvalue weighted by molar-refractivity contribution is 8.32. The molecule has 1 aliphatic rings. The summed E-state index contributed by atoms with van der Waals surface area (Å²) in [6.45, 7) is 10.5. The smallest absolute Gasteiger partial charge is 0.317 e. The molecule has 1 unspecified atom stereocenters. The van der Waals surface area contributed by atoms with Crippen LogP contribution in [0, 0.1) is 0 Å². The van der Waals surface area contributed by atoms with Crippen LogP contribution >= 0.6 is 25.9 Å². The van der Waals surface area contributed by atoms with E-state index in [0.29, 0.717) is 10.7 Å². The number of likely N-dealkylation sites (tertiary alicyclic amines) is 1. The number of rotatable bonds is 19. The molecule has 0 spiro atoms. The molecule has 1 heterocycles. The third-order valence-corrected chi connectivity index (χ3v) is 21.9. The fourth-order valence-corrected chi connectivity index (χ4v) is 17.2. The quantitative estimate of drug-likeness (QED) is 0.0440. The Balaban J connectivity index is 1.30. The molecule has 1 N–H and O–H groups in total. The summed E-state index contributed by atoms with van der Waals surface area (Å²) in [5.41, 5.74) is 0.398. The van der Waals surface area contributed by atoms with Gasteiger partial charge in [-0.2, -0.15) is 0 Å². The van der Waals surface area contributed by atoms with Crippen molar-refractivity contribution in [3.8, 4) is 0 Å². The van der Waals surface area contributed by atoms with E-state index in [9.17, 15) is 4.79 Å². The normalized spacial score (nSPS) is 17.8. The first-order valence-electron chi connectivity index (χ1n) is 19.3. The Kier molecular flexibility index (Phi) is 15.7. The lowest BCUT2D eigenvalue weighted by Crippen LogP contribution is -2.45. The van der Waals surface area contributed by atoms with Crippen LogP contribution in [0.2, 0.25) is 11.1 Å². The van der Waals surface area contributed by atoms with E-state index in [4.69, 9.17) is 0 Å². The molecule has 0 bridgehead atoms. The highest BCUT2D eigenvalue weighted by Crippen LogP contribution is 2.48. The Morgan fingerprint density at radius 2 is 1.38 bits per heavy atom. The third-order valence-electron chi connectivity index (χ3n) is 11.0. The first-order valence-corrected chi connectivity index (χ1v) is 26.8. The van der Waals surface area contributed by atoms with Crippen LogP contribution in [0.15, 0.2) is 134 Å². The summed E-state index contributed by atoms with van der Waals surface area (Å²) < 4.78 is 0. The second-order valence-electron chi connectivity index (χ2n) is 15.4. The molecular formula is C45H62N2OP2SSi. The second kappa shape index (κ2) is 20.1. The van der Waals surface area contributed by atoms with Crippen LogP contribution in [0.4, 0.5) is 4.79 Å². The molecule has 1 fully saturated rings. The number of hydrogen-bond donors (Lipinski definition) is 1. The molecule has 3 nitrogen and oxygen atoms in total. The summed E-state index contributed by atoms with van der Waals surface area (Å²) in [4.78, 5) is 16.5. The maximum Gasteiger partial charge on any atom is 0.317 e. The van der Waals surface area contributed by atoms with Gasteiger partial charge in [0.25, 0.3) is 0 Å². The molecule has 7 heteroatoms.